The van der Waals surface area contributed by atoms with Gasteiger partial charge in [-0.3, -0.25) is 0 Å². The maximum absolute atomic E-state index is 6.72. The maximum atomic E-state index is 6.72. The number of fused-ring (bicyclic) bond motifs is 6. The van der Waals surface area contributed by atoms with Crippen LogP contribution in [0.5, 0.6) is 0 Å². The van der Waals surface area contributed by atoms with Crippen molar-refractivity contribution in [3.05, 3.63) is 158 Å². The minimum Gasteiger partial charge on any atom is -0.456 e. The third-order valence-electron chi connectivity index (χ3n) is 8.47. The molecule has 7 aromatic carbocycles. The Morgan fingerprint density at radius 3 is 1.91 bits per heavy atom. The Kier molecular flexibility index (Phi) is 5.78. The fraction of sp³-hybridized carbons (Fsp3) is 0. The molecule has 4 nitrogen and oxygen atoms in total. The van der Waals surface area contributed by atoms with Gasteiger partial charge in [0.2, 0.25) is 5.89 Å². The number of aromatic nitrogens is 1. The topological polar surface area (TPSA) is 42.4 Å². The van der Waals surface area contributed by atoms with E-state index in [1.165, 1.54) is 10.9 Å². The Balaban J connectivity index is 1.33. The summed E-state index contributed by atoms with van der Waals surface area (Å²) in [7, 11) is 0. The number of para-hydroxylation sites is 1. The first kappa shape index (κ1) is 25.4. The molecule has 45 heavy (non-hydrogen) atoms. The first-order chi connectivity index (χ1) is 22.3. The summed E-state index contributed by atoms with van der Waals surface area (Å²) in [5.41, 5.74) is 9.18. The van der Waals surface area contributed by atoms with E-state index in [4.69, 9.17) is 13.8 Å². The Bertz CT molecular complexity index is 2480. The van der Waals surface area contributed by atoms with Gasteiger partial charge in [-0.25, -0.2) is 4.98 Å². The van der Waals surface area contributed by atoms with Gasteiger partial charge in [0.05, 0.1) is 11.1 Å². The number of benzene rings is 7. The number of furan rings is 1. The molecular formula is C41H26N2O2. The Hall–Kier alpha value is -6.13. The minimum absolute atomic E-state index is 0.572. The van der Waals surface area contributed by atoms with E-state index in [-0.39, 0.29) is 0 Å². The van der Waals surface area contributed by atoms with E-state index < -0.39 is 0 Å². The highest BCUT2D eigenvalue weighted by Crippen LogP contribution is 2.46. The maximum Gasteiger partial charge on any atom is 0.227 e. The van der Waals surface area contributed by atoms with Crippen molar-refractivity contribution in [3.8, 4) is 22.6 Å². The van der Waals surface area contributed by atoms with Crippen molar-refractivity contribution < 1.29 is 8.83 Å². The average Bonchev–Trinajstić information content (AvgIpc) is 3.72. The lowest BCUT2D eigenvalue weighted by Gasteiger charge is -2.26. The van der Waals surface area contributed by atoms with Crippen LogP contribution >= 0.6 is 0 Å². The van der Waals surface area contributed by atoms with Crippen LogP contribution in [0.4, 0.5) is 17.1 Å². The van der Waals surface area contributed by atoms with Gasteiger partial charge in [-0.05, 0) is 64.4 Å². The molecule has 0 aliphatic rings. The summed E-state index contributed by atoms with van der Waals surface area (Å²) >= 11 is 0. The van der Waals surface area contributed by atoms with Crippen molar-refractivity contribution in [2.75, 3.05) is 4.90 Å². The molecule has 2 heterocycles. The molecule has 0 bridgehead atoms. The third-order valence-corrected chi connectivity index (χ3v) is 8.47. The van der Waals surface area contributed by atoms with E-state index in [0.717, 1.165) is 61.0 Å². The number of hydrogen-bond donors (Lipinski definition) is 0. The summed E-state index contributed by atoms with van der Waals surface area (Å²) < 4.78 is 13.2. The largest absolute Gasteiger partial charge is 0.456 e. The molecule has 2 aromatic heterocycles. The molecule has 0 saturated carbocycles. The first-order valence-electron chi connectivity index (χ1n) is 15.0. The molecule has 0 aliphatic carbocycles. The lowest BCUT2D eigenvalue weighted by atomic mass is 10.0. The van der Waals surface area contributed by atoms with Crippen LogP contribution in [0, 0.1) is 0 Å². The molecule has 0 aliphatic heterocycles. The molecule has 0 spiro atoms. The smallest absolute Gasteiger partial charge is 0.227 e. The van der Waals surface area contributed by atoms with Crippen LogP contribution in [0.2, 0.25) is 0 Å². The molecule has 212 valence electrons. The summed E-state index contributed by atoms with van der Waals surface area (Å²) in [6.45, 7) is 0. The molecule has 0 atom stereocenters. The van der Waals surface area contributed by atoms with Gasteiger partial charge in [0.25, 0.3) is 0 Å². The second kappa shape index (κ2) is 10.2. The third kappa shape index (κ3) is 4.27. The quantitative estimate of drug-likeness (QED) is 0.204. The van der Waals surface area contributed by atoms with Gasteiger partial charge in [0, 0.05) is 28.4 Å². The van der Waals surface area contributed by atoms with Gasteiger partial charge >= 0.3 is 0 Å². The Morgan fingerprint density at radius 2 is 1.11 bits per heavy atom. The van der Waals surface area contributed by atoms with Crippen LogP contribution in [-0.4, -0.2) is 4.98 Å². The van der Waals surface area contributed by atoms with Crippen LogP contribution < -0.4 is 4.90 Å². The Labute approximate surface area is 259 Å². The normalized spacial score (nSPS) is 11.6. The fourth-order valence-corrected chi connectivity index (χ4v) is 6.31. The van der Waals surface area contributed by atoms with Crippen LogP contribution in [0.25, 0.3) is 66.4 Å². The molecule has 0 radical (unpaired) electrons. The number of rotatable bonds is 5. The molecule has 0 fully saturated rings. The van der Waals surface area contributed by atoms with E-state index in [0.29, 0.717) is 11.5 Å². The molecule has 0 saturated heterocycles. The van der Waals surface area contributed by atoms with E-state index in [1.54, 1.807) is 0 Å². The van der Waals surface area contributed by atoms with Crippen molar-refractivity contribution in [2.24, 2.45) is 0 Å². The highest BCUT2D eigenvalue weighted by molar-refractivity contribution is 6.20. The Morgan fingerprint density at radius 1 is 0.467 bits per heavy atom. The van der Waals surface area contributed by atoms with Crippen LogP contribution in [-0.2, 0) is 0 Å². The molecule has 4 heteroatoms. The van der Waals surface area contributed by atoms with Crippen molar-refractivity contribution in [1.82, 2.24) is 4.98 Å². The first-order valence-corrected chi connectivity index (χ1v) is 15.0. The summed E-state index contributed by atoms with van der Waals surface area (Å²) in [6.07, 6.45) is 0. The second-order valence-corrected chi connectivity index (χ2v) is 11.2. The predicted octanol–water partition coefficient (Wildman–Crippen LogP) is 11.7. The molecule has 0 unspecified atom stereocenters. The van der Waals surface area contributed by atoms with E-state index in [1.807, 2.05) is 54.6 Å². The molecule has 0 N–H and O–H groups in total. The van der Waals surface area contributed by atoms with Gasteiger partial charge < -0.3 is 13.7 Å². The van der Waals surface area contributed by atoms with Gasteiger partial charge in [0.1, 0.15) is 16.7 Å². The van der Waals surface area contributed by atoms with Gasteiger partial charge in [-0.1, -0.05) is 109 Å². The minimum atomic E-state index is 0.572. The van der Waals surface area contributed by atoms with Crippen molar-refractivity contribution >= 4 is 60.9 Å². The summed E-state index contributed by atoms with van der Waals surface area (Å²) in [4.78, 5) is 7.36. The highest BCUT2D eigenvalue weighted by atomic mass is 16.4. The van der Waals surface area contributed by atoms with Gasteiger partial charge in [-0.15, -0.1) is 0 Å². The zero-order valence-corrected chi connectivity index (χ0v) is 24.2. The number of nitrogens with zero attached hydrogens (tertiary/aromatic N) is 2. The van der Waals surface area contributed by atoms with Gasteiger partial charge in [-0.2, -0.15) is 0 Å². The molecule has 9 rings (SSSR count). The number of hydrogen-bond acceptors (Lipinski definition) is 4. The van der Waals surface area contributed by atoms with Crippen molar-refractivity contribution in [1.29, 1.82) is 0 Å². The number of oxazole rings is 1. The monoisotopic (exact) mass is 578 g/mol. The summed E-state index contributed by atoms with van der Waals surface area (Å²) in [6, 6.07) is 54.4. The molecule has 0 amide bonds. The summed E-state index contributed by atoms with van der Waals surface area (Å²) in [5, 5.41) is 4.31. The van der Waals surface area contributed by atoms with Crippen molar-refractivity contribution in [2.45, 2.75) is 0 Å². The fourth-order valence-electron chi connectivity index (χ4n) is 6.31. The average molecular weight is 579 g/mol. The predicted molar refractivity (Wildman–Crippen MR) is 184 cm³/mol. The van der Waals surface area contributed by atoms with Crippen LogP contribution in [0.3, 0.4) is 0 Å². The highest BCUT2D eigenvalue weighted by Gasteiger charge is 2.25. The van der Waals surface area contributed by atoms with E-state index in [9.17, 15) is 0 Å². The summed E-state index contributed by atoms with van der Waals surface area (Å²) in [5.74, 6) is 0.572. The van der Waals surface area contributed by atoms with Crippen molar-refractivity contribution in [3.63, 3.8) is 0 Å². The lowest BCUT2D eigenvalue weighted by molar-refractivity contribution is 0.619. The zero-order chi connectivity index (χ0) is 29.7. The standard InChI is InChI=1S/C41H26N2O2/c1-3-11-27(12-4-1)29-19-22-32(23-20-29)43(33-24-21-28-13-7-8-16-31(28)25-33)35-26-37-38(34-17-9-10-18-36(34)44-37)39-40(35)45-41(42-39)30-14-5-2-6-15-30/h1-26H. The lowest BCUT2D eigenvalue weighted by Crippen LogP contribution is -2.10. The van der Waals surface area contributed by atoms with Crippen LogP contribution in [0.1, 0.15) is 0 Å². The number of anilines is 3. The van der Waals surface area contributed by atoms with Gasteiger partial charge in [0.15, 0.2) is 5.58 Å². The molecule has 9 aromatic rings. The molecular weight excluding hydrogens is 552 g/mol. The van der Waals surface area contributed by atoms with Crippen LogP contribution in [0.15, 0.2) is 167 Å². The zero-order valence-electron chi connectivity index (χ0n) is 24.2. The van der Waals surface area contributed by atoms with E-state index >= 15 is 0 Å². The SMILES string of the molecule is c1ccc(-c2ccc(N(c3ccc4ccccc4c3)c3cc4oc5ccccc5c4c4nc(-c5ccccc5)oc34)cc2)cc1. The van der Waals surface area contributed by atoms with E-state index in [2.05, 4.69) is 108 Å². The second-order valence-electron chi connectivity index (χ2n) is 11.2.